The number of aromatic nitrogens is 2. The molecular weight excluding hydrogens is 342 g/mol. The molecule has 0 unspecified atom stereocenters. The van der Waals surface area contributed by atoms with Gasteiger partial charge in [0.1, 0.15) is 5.75 Å². The number of methoxy groups -OCH3 is 1. The number of ether oxygens (including phenoxy) is 1. The molecule has 20 heavy (non-hydrogen) atoms. The molecule has 4 nitrogen and oxygen atoms in total. The number of nitrogens with zero attached hydrogens (tertiary/aromatic N) is 2. The second-order valence-corrected chi connectivity index (χ2v) is 5.55. The molecule has 0 spiro atoms. The van der Waals surface area contributed by atoms with E-state index in [1.165, 1.54) is 0 Å². The Labute approximate surface area is 129 Å². The molecule has 0 aliphatic rings. The van der Waals surface area contributed by atoms with E-state index < -0.39 is 0 Å². The SMILES string of the molecule is COc1ccc2c(c1)nc(N)n2-c1cc(Cl)ccc1Br. The summed E-state index contributed by atoms with van der Waals surface area (Å²) in [4.78, 5) is 4.37. The Kier molecular flexibility index (Phi) is 3.31. The van der Waals surface area contributed by atoms with E-state index in [1.54, 1.807) is 7.11 Å². The van der Waals surface area contributed by atoms with Crippen LogP contribution >= 0.6 is 27.5 Å². The fraction of sp³-hybridized carbons (Fsp3) is 0.0714. The van der Waals surface area contributed by atoms with Crippen molar-refractivity contribution in [3.63, 3.8) is 0 Å². The number of halogens is 2. The summed E-state index contributed by atoms with van der Waals surface area (Å²) in [6.07, 6.45) is 0. The summed E-state index contributed by atoms with van der Waals surface area (Å²) >= 11 is 9.58. The highest BCUT2D eigenvalue weighted by atomic mass is 79.9. The van der Waals surface area contributed by atoms with Crippen molar-refractivity contribution in [2.45, 2.75) is 0 Å². The van der Waals surface area contributed by atoms with Gasteiger partial charge in [-0.05, 0) is 46.3 Å². The lowest BCUT2D eigenvalue weighted by molar-refractivity contribution is 0.415. The van der Waals surface area contributed by atoms with E-state index >= 15 is 0 Å². The lowest BCUT2D eigenvalue weighted by Gasteiger charge is -2.09. The third-order valence-electron chi connectivity index (χ3n) is 3.04. The van der Waals surface area contributed by atoms with Crippen LogP contribution in [-0.2, 0) is 0 Å². The second kappa shape index (κ2) is 5.00. The topological polar surface area (TPSA) is 53.1 Å². The van der Waals surface area contributed by atoms with E-state index in [4.69, 9.17) is 22.1 Å². The molecule has 6 heteroatoms. The highest BCUT2D eigenvalue weighted by molar-refractivity contribution is 9.10. The fourth-order valence-corrected chi connectivity index (χ4v) is 2.71. The van der Waals surface area contributed by atoms with Gasteiger partial charge in [-0.15, -0.1) is 0 Å². The highest BCUT2D eigenvalue weighted by Crippen LogP contribution is 2.31. The average molecular weight is 353 g/mol. The van der Waals surface area contributed by atoms with Gasteiger partial charge in [0, 0.05) is 15.6 Å². The minimum atomic E-state index is 0.399. The van der Waals surface area contributed by atoms with Crippen molar-refractivity contribution < 1.29 is 4.74 Å². The van der Waals surface area contributed by atoms with E-state index in [9.17, 15) is 0 Å². The number of fused-ring (bicyclic) bond motifs is 1. The van der Waals surface area contributed by atoms with Crippen LogP contribution in [0.5, 0.6) is 5.75 Å². The van der Waals surface area contributed by atoms with Crippen molar-refractivity contribution >= 4 is 44.5 Å². The lowest BCUT2D eigenvalue weighted by atomic mass is 10.2. The number of nitrogens with two attached hydrogens (primary N) is 1. The second-order valence-electron chi connectivity index (χ2n) is 4.26. The number of hydrogen-bond donors (Lipinski definition) is 1. The molecule has 0 aliphatic heterocycles. The lowest BCUT2D eigenvalue weighted by Crippen LogP contribution is -2.01. The van der Waals surface area contributed by atoms with E-state index in [-0.39, 0.29) is 0 Å². The van der Waals surface area contributed by atoms with Crippen molar-refractivity contribution in [2.24, 2.45) is 0 Å². The molecular formula is C14H11BrClN3O. The normalized spacial score (nSPS) is 10.9. The van der Waals surface area contributed by atoms with Crippen molar-refractivity contribution in [1.82, 2.24) is 9.55 Å². The molecule has 102 valence electrons. The van der Waals surface area contributed by atoms with Crippen LogP contribution in [0.3, 0.4) is 0 Å². The zero-order valence-corrected chi connectivity index (χ0v) is 12.9. The monoisotopic (exact) mass is 351 g/mol. The number of benzene rings is 2. The minimum Gasteiger partial charge on any atom is -0.497 e. The molecule has 0 bridgehead atoms. The highest BCUT2D eigenvalue weighted by Gasteiger charge is 2.13. The summed E-state index contributed by atoms with van der Waals surface area (Å²) in [5, 5.41) is 0.637. The standard InChI is InChI=1S/C14H11BrClN3O/c1-20-9-3-5-12-11(7-9)18-14(17)19(12)13-6-8(16)2-4-10(13)15/h2-7H,1H3,(H2,17,18). The minimum absolute atomic E-state index is 0.399. The quantitative estimate of drug-likeness (QED) is 0.757. The molecule has 1 heterocycles. The summed E-state index contributed by atoms with van der Waals surface area (Å²) in [5.74, 6) is 1.14. The molecule has 0 radical (unpaired) electrons. The Morgan fingerprint density at radius 1 is 1.25 bits per heavy atom. The largest absolute Gasteiger partial charge is 0.497 e. The van der Waals surface area contributed by atoms with E-state index in [2.05, 4.69) is 20.9 Å². The molecule has 2 N–H and O–H groups in total. The van der Waals surface area contributed by atoms with Crippen LogP contribution < -0.4 is 10.5 Å². The van der Waals surface area contributed by atoms with Crippen LogP contribution in [-0.4, -0.2) is 16.7 Å². The Balaban J connectivity index is 2.30. The summed E-state index contributed by atoms with van der Waals surface area (Å²) in [7, 11) is 1.62. The predicted octanol–water partition coefficient (Wildman–Crippen LogP) is 4.03. The van der Waals surface area contributed by atoms with Crippen LogP contribution in [0, 0.1) is 0 Å². The van der Waals surface area contributed by atoms with Crippen LogP contribution in [0.2, 0.25) is 5.02 Å². The van der Waals surface area contributed by atoms with Gasteiger partial charge in [0.2, 0.25) is 5.95 Å². The number of nitrogen functional groups attached to an aromatic ring is 1. The first-order chi connectivity index (χ1) is 9.60. The van der Waals surface area contributed by atoms with Gasteiger partial charge in [-0.2, -0.15) is 0 Å². The molecule has 0 saturated carbocycles. The van der Waals surface area contributed by atoms with Crippen molar-refractivity contribution in [2.75, 3.05) is 12.8 Å². The van der Waals surface area contributed by atoms with Crippen molar-refractivity contribution in [1.29, 1.82) is 0 Å². The van der Waals surface area contributed by atoms with E-state index in [1.807, 2.05) is 41.0 Å². The Bertz CT molecular complexity index is 800. The van der Waals surface area contributed by atoms with Crippen LogP contribution in [0.25, 0.3) is 16.7 Å². The maximum absolute atomic E-state index is 6.07. The molecule has 2 aromatic carbocycles. The summed E-state index contributed by atoms with van der Waals surface area (Å²) < 4.78 is 7.94. The van der Waals surface area contributed by atoms with Gasteiger partial charge in [0.25, 0.3) is 0 Å². The van der Waals surface area contributed by atoms with Crippen LogP contribution in [0.1, 0.15) is 0 Å². The number of anilines is 1. The molecule has 0 atom stereocenters. The van der Waals surface area contributed by atoms with E-state index in [0.29, 0.717) is 11.0 Å². The molecule has 0 aliphatic carbocycles. The van der Waals surface area contributed by atoms with E-state index in [0.717, 1.165) is 26.9 Å². The van der Waals surface area contributed by atoms with Gasteiger partial charge >= 0.3 is 0 Å². The van der Waals surface area contributed by atoms with Gasteiger partial charge < -0.3 is 10.5 Å². The van der Waals surface area contributed by atoms with Crippen LogP contribution in [0.15, 0.2) is 40.9 Å². The average Bonchev–Trinajstić information content (AvgIpc) is 2.76. The zero-order chi connectivity index (χ0) is 14.3. The summed E-state index contributed by atoms with van der Waals surface area (Å²) in [6, 6.07) is 11.2. The van der Waals surface area contributed by atoms with Gasteiger partial charge in [0.05, 0.1) is 23.8 Å². The third-order valence-corrected chi connectivity index (χ3v) is 3.94. The predicted molar refractivity (Wildman–Crippen MR) is 84.7 cm³/mol. The Morgan fingerprint density at radius 2 is 2.05 bits per heavy atom. The maximum atomic E-state index is 6.07. The van der Waals surface area contributed by atoms with Gasteiger partial charge in [-0.1, -0.05) is 11.6 Å². The summed E-state index contributed by atoms with van der Waals surface area (Å²) in [6.45, 7) is 0. The van der Waals surface area contributed by atoms with Gasteiger partial charge in [-0.3, -0.25) is 4.57 Å². The fourth-order valence-electron chi connectivity index (χ4n) is 2.12. The van der Waals surface area contributed by atoms with Gasteiger partial charge in [0.15, 0.2) is 0 Å². The first-order valence-corrected chi connectivity index (χ1v) is 7.04. The molecule has 0 saturated heterocycles. The van der Waals surface area contributed by atoms with Crippen molar-refractivity contribution in [3.8, 4) is 11.4 Å². The third kappa shape index (κ3) is 2.13. The zero-order valence-electron chi connectivity index (χ0n) is 10.6. The smallest absolute Gasteiger partial charge is 0.205 e. The first kappa shape index (κ1) is 13.3. The molecule has 1 aromatic heterocycles. The van der Waals surface area contributed by atoms with Gasteiger partial charge in [-0.25, -0.2) is 4.98 Å². The molecule has 0 amide bonds. The Hall–Kier alpha value is -1.72. The van der Waals surface area contributed by atoms with Crippen molar-refractivity contribution in [3.05, 3.63) is 45.9 Å². The number of imidazole rings is 1. The number of rotatable bonds is 2. The molecule has 3 aromatic rings. The molecule has 3 rings (SSSR count). The molecule has 0 fully saturated rings. The summed E-state index contributed by atoms with van der Waals surface area (Å²) in [5.41, 5.74) is 8.56. The first-order valence-electron chi connectivity index (χ1n) is 5.87. The maximum Gasteiger partial charge on any atom is 0.205 e. The Morgan fingerprint density at radius 3 is 2.80 bits per heavy atom. The number of hydrogen-bond acceptors (Lipinski definition) is 3. The van der Waals surface area contributed by atoms with Crippen LogP contribution in [0.4, 0.5) is 5.95 Å².